The third kappa shape index (κ3) is 3.78. The average Bonchev–Trinajstić information content (AvgIpc) is 3.44. The number of nitrogens with one attached hydrogen (secondary N) is 1. The fourth-order valence-electron chi connectivity index (χ4n) is 3.94. The largest absolute Gasteiger partial charge is 0.350 e. The van der Waals surface area contributed by atoms with Crippen LogP contribution in [0.5, 0.6) is 0 Å². The van der Waals surface area contributed by atoms with Gasteiger partial charge in [0.2, 0.25) is 0 Å². The first-order valence-electron chi connectivity index (χ1n) is 10.4. The highest BCUT2D eigenvalue weighted by Crippen LogP contribution is 2.29. The normalized spacial score (nSPS) is 11.5. The summed E-state index contributed by atoms with van der Waals surface area (Å²) in [7, 11) is 0. The first kappa shape index (κ1) is 20.4. The highest BCUT2D eigenvalue weighted by atomic mass is 32.1. The van der Waals surface area contributed by atoms with Gasteiger partial charge < -0.3 is 9.88 Å². The standard InChI is InChI=1S/C24H22FN5OS/c1-15-19-13-22(32-24(19)30(28-15)14-17-7-9-18(25)10-8-17)23(31)26-11-12-29-16(2)27-20-5-3-4-6-21(20)29/h3-10,13H,11-12,14H2,1-2H3,(H,26,31). The van der Waals surface area contributed by atoms with Gasteiger partial charge in [-0.05, 0) is 49.7 Å². The van der Waals surface area contributed by atoms with Crippen LogP contribution in [0.4, 0.5) is 4.39 Å². The van der Waals surface area contributed by atoms with E-state index in [1.54, 1.807) is 12.1 Å². The van der Waals surface area contributed by atoms with Crippen molar-refractivity contribution in [3.05, 3.63) is 82.4 Å². The summed E-state index contributed by atoms with van der Waals surface area (Å²) in [6, 6.07) is 16.3. The van der Waals surface area contributed by atoms with E-state index in [1.807, 2.05) is 48.9 Å². The van der Waals surface area contributed by atoms with E-state index < -0.39 is 0 Å². The molecule has 0 atom stereocenters. The van der Waals surface area contributed by atoms with Crippen LogP contribution in [0.15, 0.2) is 54.6 Å². The molecule has 0 aliphatic rings. The monoisotopic (exact) mass is 447 g/mol. The molecule has 0 aliphatic carbocycles. The van der Waals surface area contributed by atoms with Crippen molar-refractivity contribution in [3.8, 4) is 0 Å². The quantitative estimate of drug-likeness (QED) is 0.411. The van der Waals surface area contributed by atoms with Crippen molar-refractivity contribution in [2.45, 2.75) is 26.9 Å². The van der Waals surface area contributed by atoms with Crippen molar-refractivity contribution < 1.29 is 9.18 Å². The molecule has 1 amide bonds. The second kappa shape index (κ2) is 8.20. The van der Waals surface area contributed by atoms with Gasteiger partial charge in [0.25, 0.3) is 5.91 Å². The van der Waals surface area contributed by atoms with Crippen molar-refractivity contribution >= 4 is 38.5 Å². The number of rotatable bonds is 6. The molecule has 0 unspecified atom stereocenters. The summed E-state index contributed by atoms with van der Waals surface area (Å²) in [5.74, 6) is 0.573. The zero-order valence-electron chi connectivity index (χ0n) is 17.8. The van der Waals surface area contributed by atoms with Gasteiger partial charge >= 0.3 is 0 Å². The molecule has 0 fully saturated rings. The van der Waals surface area contributed by atoms with Crippen molar-refractivity contribution in [1.29, 1.82) is 0 Å². The van der Waals surface area contributed by atoms with Gasteiger partial charge in [-0.3, -0.25) is 9.48 Å². The van der Waals surface area contributed by atoms with Gasteiger partial charge in [0.05, 0.1) is 28.1 Å². The molecule has 0 spiro atoms. The summed E-state index contributed by atoms with van der Waals surface area (Å²) < 4.78 is 17.2. The van der Waals surface area contributed by atoms with Gasteiger partial charge in [0.1, 0.15) is 16.5 Å². The van der Waals surface area contributed by atoms with Crippen LogP contribution in [0, 0.1) is 19.7 Å². The molecule has 3 heterocycles. The lowest BCUT2D eigenvalue weighted by molar-refractivity contribution is 0.0956. The van der Waals surface area contributed by atoms with E-state index in [0.29, 0.717) is 24.5 Å². The Morgan fingerprint density at radius 1 is 1.12 bits per heavy atom. The Morgan fingerprint density at radius 3 is 2.72 bits per heavy atom. The number of imidazole rings is 1. The molecule has 162 valence electrons. The maximum atomic E-state index is 13.2. The van der Waals surface area contributed by atoms with E-state index in [4.69, 9.17) is 0 Å². The number of benzene rings is 2. The van der Waals surface area contributed by atoms with Crippen LogP contribution >= 0.6 is 11.3 Å². The van der Waals surface area contributed by atoms with Crippen LogP contribution < -0.4 is 5.32 Å². The van der Waals surface area contributed by atoms with Crippen LogP contribution in [0.1, 0.15) is 26.8 Å². The van der Waals surface area contributed by atoms with Gasteiger partial charge in [-0.1, -0.05) is 24.3 Å². The topological polar surface area (TPSA) is 64.7 Å². The summed E-state index contributed by atoms with van der Waals surface area (Å²) in [6.07, 6.45) is 0. The van der Waals surface area contributed by atoms with Gasteiger partial charge in [0, 0.05) is 18.5 Å². The number of aryl methyl sites for hydroxylation is 2. The number of thiophene rings is 1. The van der Waals surface area contributed by atoms with Gasteiger partial charge in [-0.25, -0.2) is 9.37 Å². The fraction of sp³-hybridized carbons (Fsp3) is 0.208. The molecule has 32 heavy (non-hydrogen) atoms. The highest BCUT2D eigenvalue weighted by Gasteiger charge is 2.17. The van der Waals surface area contributed by atoms with E-state index in [9.17, 15) is 9.18 Å². The van der Waals surface area contributed by atoms with Crippen LogP contribution in [0.25, 0.3) is 21.3 Å². The molecular formula is C24H22FN5OS. The van der Waals surface area contributed by atoms with E-state index in [0.717, 1.165) is 38.3 Å². The maximum absolute atomic E-state index is 13.2. The minimum absolute atomic E-state index is 0.0963. The van der Waals surface area contributed by atoms with Gasteiger partial charge in [-0.15, -0.1) is 11.3 Å². The Balaban J connectivity index is 1.30. The number of nitrogens with zero attached hydrogens (tertiary/aromatic N) is 4. The van der Waals surface area contributed by atoms with E-state index in [-0.39, 0.29) is 11.7 Å². The summed E-state index contributed by atoms with van der Waals surface area (Å²) >= 11 is 1.42. The first-order valence-corrected chi connectivity index (χ1v) is 11.2. The minimum atomic E-state index is -0.260. The third-order valence-electron chi connectivity index (χ3n) is 5.54. The number of hydrogen-bond acceptors (Lipinski definition) is 4. The first-order chi connectivity index (χ1) is 15.5. The lowest BCUT2D eigenvalue weighted by Gasteiger charge is -2.08. The van der Waals surface area contributed by atoms with E-state index in [2.05, 4.69) is 20.0 Å². The van der Waals surface area contributed by atoms with Crippen molar-refractivity contribution in [1.82, 2.24) is 24.6 Å². The molecule has 0 aliphatic heterocycles. The van der Waals surface area contributed by atoms with Crippen molar-refractivity contribution in [3.63, 3.8) is 0 Å². The predicted molar refractivity (Wildman–Crippen MR) is 125 cm³/mol. The third-order valence-corrected chi connectivity index (χ3v) is 6.69. The van der Waals surface area contributed by atoms with Crippen LogP contribution in [-0.2, 0) is 13.1 Å². The molecule has 0 saturated carbocycles. The van der Waals surface area contributed by atoms with Crippen molar-refractivity contribution in [2.75, 3.05) is 6.54 Å². The Hall–Kier alpha value is -3.52. The summed E-state index contributed by atoms with van der Waals surface area (Å²) in [4.78, 5) is 19.0. The molecule has 1 N–H and O–H groups in total. The lowest BCUT2D eigenvalue weighted by atomic mass is 10.2. The zero-order valence-corrected chi connectivity index (χ0v) is 18.6. The second-order valence-electron chi connectivity index (χ2n) is 7.75. The zero-order chi connectivity index (χ0) is 22.2. The van der Waals surface area contributed by atoms with Crippen LogP contribution in [0.2, 0.25) is 0 Å². The number of carbonyl (C=O) groups excluding carboxylic acids is 1. The molecule has 0 radical (unpaired) electrons. The van der Waals surface area contributed by atoms with Gasteiger partial charge in [0.15, 0.2) is 0 Å². The molecule has 3 aromatic heterocycles. The number of carbonyl (C=O) groups is 1. The smallest absolute Gasteiger partial charge is 0.261 e. The Morgan fingerprint density at radius 2 is 1.91 bits per heavy atom. The number of aromatic nitrogens is 4. The summed E-state index contributed by atoms with van der Waals surface area (Å²) in [6.45, 7) is 5.60. The summed E-state index contributed by atoms with van der Waals surface area (Å²) in [5.41, 5.74) is 3.86. The Kier molecular flexibility index (Phi) is 5.22. The maximum Gasteiger partial charge on any atom is 0.261 e. The predicted octanol–water partition coefficient (Wildman–Crippen LogP) is 4.68. The number of halogens is 1. The van der Waals surface area contributed by atoms with Crippen LogP contribution in [-0.4, -0.2) is 31.8 Å². The van der Waals surface area contributed by atoms with E-state index >= 15 is 0 Å². The molecule has 2 aromatic carbocycles. The number of fused-ring (bicyclic) bond motifs is 2. The molecule has 0 saturated heterocycles. The Labute approximate surface area is 188 Å². The number of para-hydroxylation sites is 2. The summed E-state index contributed by atoms with van der Waals surface area (Å²) in [5, 5.41) is 8.59. The minimum Gasteiger partial charge on any atom is -0.350 e. The van der Waals surface area contributed by atoms with Crippen molar-refractivity contribution in [2.24, 2.45) is 0 Å². The number of amides is 1. The van der Waals surface area contributed by atoms with E-state index in [1.165, 1.54) is 23.5 Å². The lowest BCUT2D eigenvalue weighted by Crippen LogP contribution is -2.26. The molecular weight excluding hydrogens is 425 g/mol. The van der Waals surface area contributed by atoms with Crippen LogP contribution in [0.3, 0.4) is 0 Å². The molecule has 5 rings (SSSR count). The highest BCUT2D eigenvalue weighted by molar-refractivity contribution is 7.20. The molecule has 8 heteroatoms. The average molecular weight is 448 g/mol. The molecule has 6 nitrogen and oxygen atoms in total. The molecule has 0 bridgehead atoms. The fourth-order valence-corrected chi connectivity index (χ4v) is 5.02. The van der Waals surface area contributed by atoms with Gasteiger partial charge in [-0.2, -0.15) is 5.10 Å². The SMILES string of the molecule is Cc1nn(Cc2ccc(F)cc2)c2sc(C(=O)NCCn3c(C)nc4ccccc43)cc12. The second-order valence-corrected chi connectivity index (χ2v) is 8.78. The number of hydrogen-bond donors (Lipinski definition) is 1. The molecule has 5 aromatic rings. The Bertz CT molecular complexity index is 1430.